The monoisotopic (exact) mass is 297 g/mol. The molecule has 0 unspecified atom stereocenters. The lowest BCUT2D eigenvalue weighted by Crippen LogP contribution is -2.14. The van der Waals surface area contributed by atoms with E-state index in [9.17, 15) is 8.42 Å². The molecule has 0 amide bonds. The lowest BCUT2D eigenvalue weighted by atomic mass is 10.2. The second kappa shape index (κ2) is 3.71. The molecule has 0 aliphatic heterocycles. The van der Waals surface area contributed by atoms with Crippen molar-refractivity contribution in [3.63, 3.8) is 0 Å². The lowest BCUT2D eigenvalue weighted by Gasteiger charge is -1.98. The predicted molar refractivity (Wildman–Crippen MR) is 56.0 cm³/mol. The summed E-state index contributed by atoms with van der Waals surface area (Å²) in [6.07, 6.45) is 0. The highest BCUT2D eigenvalue weighted by atomic mass is 127. The number of rotatable bonds is 2. The normalized spacial score (nSPS) is 11.5. The predicted octanol–water partition coefficient (Wildman–Crippen LogP) is 1.08. The van der Waals surface area contributed by atoms with E-state index in [1.54, 1.807) is 12.1 Å². The molecule has 1 aromatic rings. The van der Waals surface area contributed by atoms with Crippen LogP contribution in [0, 0.1) is 3.57 Å². The third kappa shape index (κ3) is 3.51. The standard InChI is InChI=1S/C7H8INO2S/c8-7-3-1-6(2-4-7)5-12(9,10)11/h1-4H,5H2,(H2,9,10,11). The molecule has 0 aromatic heterocycles. The molecule has 0 aliphatic carbocycles. The van der Waals surface area contributed by atoms with Crippen molar-refractivity contribution in [1.82, 2.24) is 0 Å². The number of nitrogens with two attached hydrogens (primary N) is 1. The number of hydrogen-bond acceptors (Lipinski definition) is 2. The van der Waals surface area contributed by atoms with Gasteiger partial charge in [0, 0.05) is 3.57 Å². The van der Waals surface area contributed by atoms with Crippen molar-refractivity contribution in [3.8, 4) is 0 Å². The van der Waals surface area contributed by atoms with E-state index in [0.29, 0.717) is 0 Å². The molecular formula is C7H8INO2S. The Balaban J connectivity index is 2.85. The second-order valence-corrected chi connectivity index (χ2v) is 5.29. The summed E-state index contributed by atoms with van der Waals surface area (Å²) in [4.78, 5) is 0. The smallest absolute Gasteiger partial charge is 0.213 e. The van der Waals surface area contributed by atoms with Crippen LogP contribution in [0.1, 0.15) is 5.56 Å². The highest BCUT2D eigenvalue weighted by Gasteiger charge is 2.03. The number of hydrogen-bond donors (Lipinski definition) is 1. The van der Waals surface area contributed by atoms with E-state index in [-0.39, 0.29) is 5.75 Å². The fourth-order valence-corrected chi connectivity index (χ4v) is 1.83. The molecule has 3 nitrogen and oxygen atoms in total. The lowest BCUT2D eigenvalue weighted by molar-refractivity contribution is 0.597. The van der Waals surface area contributed by atoms with Gasteiger partial charge < -0.3 is 0 Å². The molecule has 0 saturated carbocycles. The van der Waals surface area contributed by atoms with Crippen molar-refractivity contribution in [1.29, 1.82) is 0 Å². The van der Waals surface area contributed by atoms with Crippen molar-refractivity contribution >= 4 is 32.6 Å². The summed E-state index contributed by atoms with van der Waals surface area (Å²) in [5, 5.41) is 4.88. The first-order valence-corrected chi connectivity index (χ1v) is 6.02. The quantitative estimate of drug-likeness (QED) is 0.830. The van der Waals surface area contributed by atoms with Crippen LogP contribution in [-0.2, 0) is 15.8 Å². The van der Waals surface area contributed by atoms with Gasteiger partial charge in [0.05, 0.1) is 5.75 Å². The average molecular weight is 297 g/mol. The first kappa shape index (κ1) is 9.94. The molecule has 0 aliphatic rings. The van der Waals surface area contributed by atoms with Crippen LogP contribution in [0.15, 0.2) is 24.3 Å². The van der Waals surface area contributed by atoms with Gasteiger partial charge in [-0.05, 0) is 40.3 Å². The molecule has 1 rings (SSSR count). The summed E-state index contributed by atoms with van der Waals surface area (Å²) in [7, 11) is -3.39. The molecule has 0 radical (unpaired) electrons. The van der Waals surface area contributed by atoms with E-state index in [1.807, 2.05) is 12.1 Å². The molecule has 0 heterocycles. The van der Waals surface area contributed by atoms with E-state index in [4.69, 9.17) is 5.14 Å². The first-order valence-electron chi connectivity index (χ1n) is 3.22. The zero-order valence-electron chi connectivity index (χ0n) is 6.20. The van der Waals surface area contributed by atoms with Crippen LogP contribution in [0.2, 0.25) is 0 Å². The Labute approximate surface area is 85.2 Å². The van der Waals surface area contributed by atoms with Gasteiger partial charge in [-0.2, -0.15) is 0 Å². The molecule has 0 spiro atoms. The SMILES string of the molecule is NS(=O)(=O)Cc1ccc(I)cc1. The maximum atomic E-state index is 10.7. The zero-order chi connectivity index (χ0) is 9.19. The third-order valence-corrected chi connectivity index (χ3v) is 2.74. The Hall–Kier alpha value is -0.140. The molecule has 1 aromatic carbocycles. The van der Waals surface area contributed by atoms with Crippen molar-refractivity contribution in [3.05, 3.63) is 33.4 Å². The van der Waals surface area contributed by atoms with Crippen molar-refractivity contribution in [2.75, 3.05) is 0 Å². The van der Waals surface area contributed by atoms with Crippen molar-refractivity contribution < 1.29 is 8.42 Å². The summed E-state index contributed by atoms with van der Waals surface area (Å²) < 4.78 is 22.4. The van der Waals surface area contributed by atoms with Crippen LogP contribution < -0.4 is 5.14 Å². The van der Waals surface area contributed by atoms with E-state index in [1.165, 1.54) is 0 Å². The van der Waals surface area contributed by atoms with Gasteiger partial charge in [-0.1, -0.05) is 12.1 Å². The minimum atomic E-state index is -3.39. The van der Waals surface area contributed by atoms with Gasteiger partial charge in [-0.3, -0.25) is 0 Å². The summed E-state index contributed by atoms with van der Waals surface area (Å²) in [5.41, 5.74) is 0.720. The Morgan fingerprint density at radius 2 is 1.75 bits per heavy atom. The van der Waals surface area contributed by atoms with E-state index in [2.05, 4.69) is 22.6 Å². The highest BCUT2D eigenvalue weighted by molar-refractivity contribution is 14.1. The van der Waals surface area contributed by atoms with Crippen LogP contribution in [-0.4, -0.2) is 8.42 Å². The summed E-state index contributed by atoms with van der Waals surface area (Å²) in [6.45, 7) is 0. The Morgan fingerprint density at radius 3 is 2.17 bits per heavy atom. The molecule has 2 N–H and O–H groups in total. The van der Waals surface area contributed by atoms with E-state index in [0.717, 1.165) is 9.13 Å². The fourth-order valence-electron chi connectivity index (χ4n) is 0.813. The summed E-state index contributed by atoms with van der Waals surface area (Å²) >= 11 is 2.15. The Kier molecular flexibility index (Phi) is 3.08. The number of benzene rings is 1. The average Bonchev–Trinajstić information content (AvgIpc) is 1.91. The Morgan fingerprint density at radius 1 is 1.25 bits per heavy atom. The molecule has 0 bridgehead atoms. The molecular weight excluding hydrogens is 289 g/mol. The molecule has 0 saturated heterocycles. The van der Waals surface area contributed by atoms with Crippen LogP contribution in [0.25, 0.3) is 0 Å². The Bertz CT molecular complexity index is 357. The van der Waals surface area contributed by atoms with Gasteiger partial charge in [0.25, 0.3) is 0 Å². The number of primary sulfonamides is 1. The van der Waals surface area contributed by atoms with Crippen molar-refractivity contribution in [2.45, 2.75) is 5.75 Å². The maximum Gasteiger partial charge on any atom is 0.213 e. The van der Waals surface area contributed by atoms with Crippen LogP contribution in [0.5, 0.6) is 0 Å². The van der Waals surface area contributed by atoms with Gasteiger partial charge in [0.2, 0.25) is 10.0 Å². The second-order valence-electron chi connectivity index (χ2n) is 2.43. The summed E-state index contributed by atoms with van der Waals surface area (Å²) in [6, 6.07) is 7.21. The maximum absolute atomic E-state index is 10.7. The van der Waals surface area contributed by atoms with Gasteiger partial charge in [-0.25, -0.2) is 13.6 Å². The molecule has 66 valence electrons. The van der Waals surface area contributed by atoms with E-state index >= 15 is 0 Å². The zero-order valence-corrected chi connectivity index (χ0v) is 9.17. The first-order chi connectivity index (χ1) is 5.47. The highest BCUT2D eigenvalue weighted by Crippen LogP contribution is 2.08. The van der Waals surface area contributed by atoms with Crippen LogP contribution in [0.3, 0.4) is 0 Å². The molecule has 0 atom stereocenters. The topological polar surface area (TPSA) is 60.2 Å². The molecule has 5 heteroatoms. The largest absolute Gasteiger partial charge is 0.228 e. The van der Waals surface area contributed by atoms with Crippen LogP contribution in [0.4, 0.5) is 0 Å². The van der Waals surface area contributed by atoms with Gasteiger partial charge in [0.1, 0.15) is 0 Å². The minimum absolute atomic E-state index is 0.0933. The van der Waals surface area contributed by atoms with Gasteiger partial charge in [0.15, 0.2) is 0 Å². The third-order valence-electron chi connectivity index (χ3n) is 1.28. The van der Waals surface area contributed by atoms with Crippen molar-refractivity contribution in [2.24, 2.45) is 5.14 Å². The molecule has 12 heavy (non-hydrogen) atoms. The summed E-state index contributed by atoms with van der Waals surface area (Å²) in [5.74, 6) is -0.0933. The van der Waals surface area contributed by atoms with Crippen LogP contribution >= 0.6 is 22.6 Å². The van der Waals surface area contributed by atoms with Gasteiger partial charge >= 0.3 is 0 Å². The van der Waals surface area contributed by atoms with E-state index < -0.39 is 10.0 Å². The van der Waals surface area contributed by atoms with Gasteiger partial charge in [-0.15, -0.1) is 0 Å². The fraction of sp³-hybridized carbons (Fsp3) is 0.143. The number of halogens is 1. The molecule has 0 fully saturated rings. The number of sulfonamides is 1. The minimum Gasteiger partial charge on any atom is -0.228 e.